The molecule has 0 radical (unpaired) electrons. The molecule has 0 spiro atoms. The summed E-state index contributed by atoms with van der Waals surface area (Å²) in [5.74, 6) is -0.524. The van der Waals surface area contributed by atoms with E-state index in [1.807, 2.05) is 30.3 Å². The molecule has 0 aromatic heterocycles. The number of hydrogen-bond donors (Lipinski definition) is 3. The van der Waals surface area contributed by atoms with Gasteiger partial charge < -0.3 is 25.4 Å². The molecular weight excluding hydrogens is 314 g/mol. The van der Waals surface area contributed by atoms with Crippen LogP contribution in [0.5, 0.6) is 0 Å². The van der Waals surface area contributed by atoms with Crippen LogP contribution in [0.25, 0.3) is 0 Å². The Bertz CT molecular complexity index is 578. The van der Waals surface area contributed by atoms with Crippen molar-refractivity contribution in [3.63, 3.8) is 0 Å². The number of ether oxygens (including phenoxy) is 1. The Morgan fingerprint density at radius 2 is 1.88 bits per heavy atom. The summed E-state index contributed by atoms with van der Waals surface area (Å²) < 4.78 is 5.04. The van der Waals surface area contributed by atoms with E-state index in [4.69, 9.17) is 9.84 Å². The fourth-order valence-corrected chi connectivity index (χ4v) is 2.42. The van der Waals surface area contributed by atoms with E-state index in [1.54, 1.807) is 0 Å². The van der Waals surface area contributed by atoms with Crippen molar-refractivity contribution >= 4 is 18.1 Å². The maximum absolute atomic E-state index is 11.9. The number of rotatable bonds is 6. The number of amides is 3. The highest BCUT2D eigenvalue weighted by atomic mass is 16.5. The van der Waals surface area contributed by atoms with Crippen molar-refractivity contribution in [2.75, 3.05) is 26.2 Å². The molecule has 130 valence electrons. The van der Waals surface area contributed by atoms with Crippen molar-refractivity contribution in [3.05, 3.63) is 35.9 Å². The van der Waals surface area contributed by atoms with E-state index in [1.165, 1.54) is 4.90 Å². The summed E-state index contributed by atoms with van der Waals surface area (Å²) >= 11 is 0. The fraction of sp³-hybridized carbons (Fsp3) is 0.438. The quantitative estimate of drug-likeness (QED) is 0.673. The zero-order valence-electron chi connectivity index (χ0n) is 13.2. The highest BCUT2D eigenvalue weighted by Crippen LogP contribution is 2.15. The molecule has 0 aliphatic carbocycles. The minimum Gasteiger partial charge on any atom is -0.465 e. The molecule has 1 aromatic rings. The number of nitrogens with zero attached hydrogens (tertiary/aromatic N) is 1. The van der Waals surface area contributed by atoms with E-state index in [0.29, 0.717) is 13.0 Å². The molecule has 1 unspecified atom stereocenters. The van der Waals surface area contributed by atoms with Gasteiger partial charge in [-0.2, -0.15) is 0 Å². The first-order valence-electron chi connectivity index (χ1n) is 7.76. The van der Waals surface area contributed by atoms with Gasteiger partial charge in [-0.25, -0.2) is 9.59 Å². The minimum atomic E-state index is -1.01. The Morgan fingerprint density at radius 3 is 2.54 bits per heavy atom. The molecule has 3 amide bonds. The number of carboxylic acid groups (broad SMARTS) is 1. The second-order valence-corrected chi connectivity index (χ2v) is 5.49. The number of hydrogen-bond acceptors (Lipinski definition) is 4. The molecule has 1 aliphatic heterocycles. The number of carbonyl (C=O) groups is 3. The molecule has 1 aromatic carbocycles. The Morgan fingerprint density at radius 1 is 1.17 bits per heavy atom. The van der Waals surface area contributed by atoms with Gasteiger partial charge in [-0.15, -0.1) is 0 Å². The summed E-state index contributed by atoms with van der Waals surface area (Å²) in [7, 11) is 0. The molecule has 0 saturated carbocycles. The second kappa shape index (κ2) is 8.76. The normalized spacial score (nSPS) is 16.5. The highest BCUT2D eigenvalue weighted by molar-refractivity contribution is 5.80. The Labute approximate surface area is 139 Å². The molecule has 1 fully saturated rings. The predicted octanol–water partition coefficient (Wildman–Crippen LogP) is 1.03. The molecular formula is C16H21N3O5. The van der Waals surface area contributed by atoms with Crippen LogP contribution in [0.1, 0.15) is 12.0 Å². The number of alkyl carbamates (subject to hydrolysis) is 1. The van der Waals surface area contributed by atoms with E-state index in [0.717, 1.165) is 5.56 Å². The second-order valence-electron chi connectivity index (χ2n) is 5.49. The van der Waals surface area contributed by atoms with Crippen molar-refractivity contribution in [2.24, 2.45) is 5.92 Å². The first kappa shape index (κ1) is 17.6. The zero-order chi connectivity index (χ0) is 17.4. The van der Waals surface area contributed by atoms with Crippen molar-refractivity contribution < 1.29 is 24.2 Å². The molecule has 24 heavy (non-hydrogen) atoms. The van der Waals surface area contributed by atoms with Gasteiger partial charge in [-0.05, 0) is 12.0 Å². The summed E-state index contributed by atoms with van der Waals surface area (Å²) in [5, 5.41) is 14.1. The van der Waals surface area contributed by atoms with Gasteiger partial charge in [-0.3, -0.25) is 4.79 Å². The van der Waals surface area contributed by atoms with E-state index in [-0.39, 0.29) is 38.1 Å². The van der Waals surface area contributed by atoms with Gasteiger partial charge in [0.2, 0.25) is 5.91 Å². The molecule has 1 heterocycles. The highest BCUT2D eigenvalue weighted by Gasteiger charge is 2.30. The molecule has 8 nitrogen and oxygen atoms in total. The summed E-state index contributed by atoms with van der Waals surface area (Å²) in [6, 6.07) is 9.32. The van der Waals surface area contributed by atoms with Gasteiger partial charge in [-0.1, -0.05) is 30.3 Å². The van der Waals surface area contributed by atoms with Crippen LogP contribution < -0.4 is 10.6 Å². The van der Waals surface area contributed by atoms with Crippen LogP contribution in [0.2, 0.25) is 0 Å². The molecule has 8 heteroatoms. The summed E-state index contributed by atoms with van der Waals surface area (Å²) in [5.41, 5.74) is 0.894. The maximum atomic E-state index is 11.9. The van der Waals surface area contributed by atoms with Crippen molar-refractivity contribution in [3.8, 4) is 0 Å². The molecule has 0 bridgehead atoms. The van der Waals surface area contributed by atoms with Crippen LogP contribution in [0.4, 0.5) is 9.59 Å². The summed E-state index contributed by atoms with van der Waals surface area (Å²) in [6.07, 6.45) is -1.04. The predicted molar refractivity (Wildman–Crippen MR) is 85.3 cm³/mol. The molecule has 1 saturated heterocycles. The fourth-order valence-electron chi connectivity index (χ4n) is 2.42. The number of likely N-dealkylation sites (tertiary alicyclic amines) is 1. The minimum absolute atomic E-state index is 0.187. The summed E-state index contributed by atoms with van der Waals surface area (Å²) in [6.45, 7) is 1.29. The Kier molecular flexibility index (Phi) is 6.41. The zero-order valence-corrected chi connectivity index (χ0v) is 13.2. The van der Waals surface area contributed by atoms with E-state index in [2.05, 4.69) is 10.6 Å². The topological polar surface area (TPSA) is 108 Å². The lowest BCUT2D eigenvalue weighted by molar-refractivity contribution is -0.124. The molecule has 1 aliphatic rings. The Hall–Kier alpha value is -2.77. The average molecular weight is 335 g/mol. The van der Waals surface area contributed by atoms with Crippen molar-refractivity contribution in [1.82, 2.24) is 15.5 Å². The Balaban J connectivity index is 1.56. The molecule has 2 rings (SSSR count). The molecule has 1 atom stereocenters. The average Bonchev–Trinajstić information content (AvgIpc) is 3.08. The third-order valence-electron chi connectivity index (χ3n) is 3.74. The maximum Gasteiger partial charge on any atom is 0.407 e. The lowest BCUT2D eigenvalue weighted by Crippen LogP contribution is -2.38. The van der Waals surface area contributed by atoms with Gasteiger partial charge in [0.05, 0.1) is 5.92 Å². The van der Waals surface area contributed by atoms with E-state index in [9.17, 15) is 14.4 Å². The van der Waals surface area contributed by atoms with Crippen LogP contribution >= 0.6 is 0 Å². The van der Waals surface area contributed by atoms with Gasteiger partial charge in [0.25, 0.3) is 0 Å². The first-order chi connectivity index (χ1) is 11.6. The lowest BCUT2D eigenvalue weighted by atomic mass is 10.1. The molecule has 3 N–H and O–H groups in total. The van der Waals surface area contributed by atoms with Crippen LogP contribution in [0.3, 0.4) is 0 Å². The van der Waals surface area contributed by atoms with Crippen LogP contribution in [-0.4, -0.2) is 54.3 Å². The summed E-state index contributed by atoms with van der Waals surface area (Å²) in [4.78, 5) is 35.4. The lowest BCUT2D eigenvalue weighted by Gasteiger charge is -2.13. The van der Waals surface area contributed by atoms with Crippen LogP contribution in [-0.2, 0) is 16.1 Å². The van der Waals surface area contributed by atoms with Gasteiger partial charge >= 0.3 is 12.2 Å². The third kappa shape index (κ3) is 5.45. The largest absolute Gasteiger partial charge is 0.465 e. The number of nitrogens with one attached hydrogen (secondary N) is 2. The van der Waals surface area contributed by atoms with Crippen molar-refractivity contribution in [1.29, 1.82) is 0 Å². The number of benzene rings is 1. The monoisotopic (exact) mass is 335 g/mol. The van der Waals surface area contributed by atoms with Gasteiger partial charge in [0.1, 0.15) is 6.61 Å². The standard InChI is InChI=1S/C16H21N3O5/c20-14(13-6-9-19(10-13)16(22)23)17-7-8-18-15(21)24-11-12-4-2-1-3-5-12/h1-5,13H,6-11H2,(H,17,20)(H,18,21)(H,22,23). The van der Waals surface area contributed by atoms with Gasteiger partial charge in [0, 0.05) is 26.2 Å². The first-order valence-corrected chi connectivity index (χ1v) is 7.76. The van der Waals surface area contributed by atoms with E-state index >= 15 is 0 Å². The SMILES string of the molecule is O=C(NCCNC(=O)C1CCN(C(=O)O)C1)OCc1ccccc1. The smallest absolute Gasteiger partial charge is 0.407 e. The number of carbonyl (C=O) groups excluding carboxylic acids is 2. The van der Waals surface area contributed by atoms with Crippen molar-refractivity contribution in [2.45, 2.75) is 13.0 Å². The van der Waals surface area contributed by atoms with Gasteiger partial charge in [0.15, 0.2) is 0 Å². The third-order valence-corrected chi connectivity index (χ3v) is 3.74. The van der Waals surface area contributed by atoms with Crippen LogP contribution in [0, 0.1) is 5.92 Å². The van der Waals surface area contributed by atoms with E-state index < -0.39 is 12.2 Å². The van der Waals surface area contributed by atoms with Crippen LogP contribution in [0.15, 0.2) is 30.3 Å².